The molecule has 1 rings (SSSR count). The van der Waals surface area contributed by atoms with E-state index in [0.717, 1.165) is 10.8 Å². The highest BCUT2D eigenvalue weighted by Gasteiger charge is 2.29. The molecule has 0 aliphatic rings. The molecule has 0 nitrogen and oxygen atoms in total. The highest BCUT2D eigenvalue weighted by atomic mass is 35.8. The van der Waals surface area contributed by atoms with Crippen LogP contribution in [0.5, 0.6) is 0 Å². The standard InChI is InChI=1S/C7H6Cl4Si/c1-5-2-3-6(8)4-7(5)12(9,10)11/h2-4H,1H3. The summed E-state index contributed by atoms with van der Waals surface area (Å²) in [5.41, 5.74) is 0.978. The van der Waals surface area contributed by atoms with Crippen molar-refractivity contribution in [1.29, 1.82) is 0 Å². The van der Waals surface area contributed by atoms with E-state index < -0.39 is 6.00 Å². The summed E-state index contributed by atoms with van der Waals surface area (Å²) in [4.78, 5) is 0. The summed E-state index contributed by atoms with van der Waals surface area (Å²) in [5, 5.41) is 1.37. The van der Waals surface area contributed by atoms with E-state index in [1.54, 1.807) is 12.1 Å². The minimum atomic E-state index is -2.78. The molecule has 0 N–H and O–H groups in total. The Morgan fingerprint density at radius 3 is 2.17 bits per heavy atom. The summed E-state index contributed by atoms with van der Waals surface area (Å²) in [6.07, 6.45) is 0. The molecule has 0 aliphatic heterocycles. The van der Waals surface area contributed by atoms with Crippen LogP contribution in [0.15, 0.2) is 18.2 Å². The smallest absolute Gasteiger partial charge is 0.121 e. The second-order valence-electron chi connectivity index (χ2n) is 2.46. The zero-order chi connectivity index (χ0) is 9.35. The molecule has 0 spiro atoms. The van der Waals surface area contributed by atoms with Crippen LogP contribution in [0.3, 0.4) is 0 Å². The SMILES string of the molecule is Cc1ccc(Cl)cc1[Si](Cl)(Cl)Cl. The lowest BCUT2D eigenvalue weighted by atomic mass is 10.2. The molecule has 0 saturated heterocycles. The third kappa shape index (κ3) is 2.54. The Morgan fingerprint density at radius 2 is 1.75 bits per heavy atom. The zero-order valence-electron chi connectivity index (χ0n) is 6.24. The van der Waals surface area contributed by atoms with E-state index >= 15 is 0 Å². The average molecular weight is 260 g/mol. The van der Waals surface area contributed by atoms with Gasteiger partial charge in [0.15, 0.2) is 0 Å². The molecular formula is C7H6Cl4Si. The first-order valence-electron chi connectivity index (χ1n) is 3.24. The fourth-order valence-electron chi connectivity index (χ4n) is 0.900. The third-order valence-corrected chi connectivity index (χ3v) is 4.72. The maximum atomic E-state index is 5.85. The van der Waals surface area contributed by atoms with Gasteiger partial charge in [0.2, 0.25) is 0 Å². The molecule has 0 heterocycles. The highest BCUT2D eigenvalue weighted by Crippen LogP contribution is 2.22. The molecule has 0 saturated carbocycles. The highest BCUT2D eigenvalue weighted by molar-refractivity contribution is 7.69. The van der Waals surface area contributed by atoms with E-state index in [1.807, 2.05) is 13.0 Å². The largest absolute Gasteiger partial charge is 0.373 e. The van der Waals surface area contributed by atoms with Crippen molar-refractivity contribution in [3.63, 3.8) is 0 Å². The summed E-state index contributed by atoms with van der Waals surface area (Å²) in [6.45, 7) is 1.90. The molecule has 0 aliphatic carbocycles. The number of rotatable bonds is 1. The Balaban J connectivity index is 3.23. The van der Waals surface area contributed by atoms with Crippen LogP contribution >= 0.6 is 44.8 Å². The molecule has 5 heteroatoms. The van der Waals surface area contributed by atoms with E-state index in [-0.39, 0.29) is 0 Å². The summed E-state index contributed by atoms with van der Waals surface area (Å²) < 4.78 is 0. The van der Waals surface area contributed by atoms with Crippen LogP contribution in [0.4, 0.5) is 0 Å². The van der Waals surface area contributed by atoms with Crippen molar-refractivity contribution >= 4 is 56.0 Å². The Hall–Kier alpha value is 0.597. The van der Waals surface area contributed by atoms with Crippen molar-refractivity contribution in [3.05, 3.63) is 28.8 Å². The molecule has 1 aromatic rings. The fraction of sp³-hybridized carbons (Fsp3) is 0.143. The normalized spacial score (nSPS) is 11.8. The Kier molecular flexibility index (Phi) is 3.35. The van der Waals surface area contributed by atoms with Gasteiger partial charge >= 0.3 is 6.00 Å². The van der Waals surface area contributed by atoms with Gasteiger partial charge in [-0.2, -0.15) is 0 Å². The minimum Gasteiger partial charge on any atom is -0.121 e. The fourth-order valence-corrected chi connectivity index (χ4v) is 3.85. The van der Waals surface area contributed by atoms with Crippen LogP contribution < -0.4 is 5.19 Å². The lowest BCUT2D eigenvalue weighted by Crippen LogP contribution is -2.32. The van der Waals surface area contributed by atoms with Gasteiger partial charge in [-0.05, 0) is 29.8 Å². The zero-order valence-corrected chi connectivity index (χ0v) is 10.3. The van der Waals surface area contributed by atoms with E-state index in [9.17, 15) is 0 Å². The molecule has 0 bridgehead atoms. The number of aryl methyl sites for hydroxylation is 1. The first-order chi connectivity index (χ1) is 5.41. The Labute approximate surface area is 91.5 Å². The van der Waals surface area contributed by atoms with Crippen molar-refractivity contribution in [1.82, 2.24) is 0 Å². The van der Waals surface area contributed by atoms with E-state index in [2.05, 4.69) is 0 Å². The van der Waals surface area contributed by atoms with Gasteiger partial charge in [-0.3, -0.25) is 0 Å². The third-order valence-electron chi connectivity index (χ3n) is 1.51. The van der Waals surface area contributed by atoms with Gasteiger partial charge in [0.25, 0.3) is 0 Å². The van der Waals surface area contributed by atoms with E-state index in [1.165, 1.54) is 0 Å². The molecule has 66 valence electrons. The first kappa shape index (κ1) is 10.7. The lowest BCUT2D eigenvalue weighted by Gasteiger charge is -2.11. The van der Waals surface area contributed by atoms with Crippen LogP contribution in [-0.4, -0.2) is 6.00 Å². The topological polar surface area (TPSA) is 0 Å². The van der Waals surface area contributed by atoms with Crippen LogP contribution in [0.2, 0.25) is 5.02 Å². The number of benzene rings is 1. The van der Waals surface area contributed by atoms with Crippen LogP contribution in [-0.2, 0) is 0 Å². The molecule has 0 fully saturated rings. The second kappa shape index (κ2) is 3.77. The van der Waals surface area contributed by atoms with Crippen LogP contribution in [0, 0.1) is 6.92 Å². The second-order valence-corrected chi connectivity index (χ2v) is 11.3. The predicted molar refractivity (Wildman–Crippen MR) is 59.1 cm³/mol. The summed E-state index contributed by atoms with van der Waals surface area (Å²) in [6, 6.07) is 2.58. The van der Waals surface area contributed by atoms with E-state index in [4.69, 9.17) is 44.8 Å². The monoisotopic (exact) mass is 258 g/mol. The van der Waals surface area contributed by atoms with Gasteiger partial charge in [-0.25, -0.2) is 0 Å². The maximum Gasteiger partial charge on any atom is 0.373 e. The van der Waals surface area contributed by atoms with E-state index in [0.29, 0.717) is 5.02 Å². The van der Waals surface area contributed by atoms with Crippen molar-refractivity contribution in [2.45, 2.75) is 6.92 Å². The van der Waals surface area contributed by atoms with Gasteiger partial charge in [0.1, 0.15) is 0 Å². The number of halogens is 4. The van der Waals surface area contributed by atoms with Gasteiger partial charge in [-0.1, -0.05) is 17.7 Å². The van der Waals surface area contributed by atoms with Crippen molar-refractivity contribution in [2.75, 3.05) is 0 Å². The Bertz CT molecular complexity index is 292. The van der Waals surface area contributed by atoms with Crippen molar-refractivity contribution in [2.24, 2.45) is 0 Å². The average Bonchev–Trinajstić information content (AvgIpc) is 1.92. The Morgan fingerprint density at radius 1 is 1.17 bits per heavy atom. The molecule has 0 aromatic heterocycles. The van der Waals surface area contributed by atoms with Gasteiger partial charge in [0, 0.05) is 5.02 Å². The maximum absolute atomic E-state index is 5.85. The van der Waals surface area contributed by atoms with Crippen LogP contribution in [0.1, 0.15) is 5.56 Å². The summed E-state index contributed by atoms with van der Waals surface area (Å²) in [5.74, 6) is 0. The molecular weight excluding hydrogens is 254 g/mol. The number of hydrogen-bond acceptors (Lipinski definition) is 0. The molecule has 12 heavy (non-hydrogen) atoms. The predicted octanol–water partition coefficient (Wildman–Crippen LogP) is 3.51. The number of hydrogen-bond donors (Lipinski definition) is 0. The molecule has 0 atom stereocenters. The van der Waals surface area contributed by atoms with Crippen molar-refractivity contribution in [3.8, 4) is 0 Å². The van der Waals surface area contributed by atoms with Gasteiger partial charge in [0.05, 0.1) is 0 Å². The molecule has 0 unspecified atom stereocenters. The summed E-state index contributed by atoms with van der Waals surface area (Å²) >= 11 is 23.3. The van der Waals surface area contributed by atoms with Gasteiger partial charge in [-0.15, -0.1) is 33.2 Å². The molecule has 1 aromatic carbocycles. The molecule has 0 amide bonds. The quantitative estimate of drug-likeness (QED) is 0.535. The molecule has 0 radical (unpaired) electrons. The lowest BCUT2D eigenvalue weighted by molar-refractivity contribution is 1.51. The van der Waals surface area contributed by atoms with Crippen LogP contribution in [0.25, 0.3) is 0 Å². The summed E-state index contributed by atoms with van der Waals surface area (Å²) in [7, 11) is 0. The first-order valence-corrected chi connectivity index (χ1v) is 8.66. The van der Waals surface area contributed by atoms with Gasteiger partial charge < -0.3 is 0 Å². The minimum absolute atomic E-state index is 0.606. The van der Waals surface area contributed by atoms with Crippen molar-refractivity contribution < 1.29 is 0 Å².